The molecular formula is C15H25N3O2. The van der Waals surface area contributed by atoms with Crippen LogP contribution < -0.4 is 5.73 Å². The molecule has 0 radical (unpaired) electrons. The van der Waals surface area contributed by atoms with Gasteiger partial charge >= 0.3 is 5.97 Å². The quantitative estimate of drug-likeness (QED) is 0.883. The Morgan fingerprint density at radius 2 is 2.25 bits per heavy atom. The van der Waals surface area contributed by atoms with Crippen LogP contribution in [-0.2, 0) is 4.79 Å². The SMILES string of the molecule is CC(C)C(N)C(=O)O.CN1CCCC1c1cccnc1. The second-order valence-corrected chi connectivity index (χ2v) is 5.53. The summed E-state index contributed by atoms with van der Waals surface area (Å²) in [6.45, 7) is 4.77. The molecule has 20 heavy (non-hydrogen) atoms. The number of carboxylic acid groups (broad SMARTS) is 1. The van der Waals surface area contributed by atoms with Crippen LogP contribution in [0, 0.1) is 5.92 Å². The average molecular weight is 279 g/mol. The van der Waals surface area contributed by atoms with Gasteiger partial charge in [0.1, 0.15) is 6.04 Å². The van der Waals surface area contributed by atoms with Crippen LogP contribution in [0.25, 0.3) is 0 Å². The Labute approximate surface area is 120 Å². The molecule has 0 saturated carbocycles. The van der Waals surface area contributed by atoms with E-state index in [1.54, 1.807) is 13.8 Å². The van der Waals surface area contributed by atoms with Gasteiger partial charge in [0.15, 0.2) is 0 Å². The van der Waals surface area contributed by atoms with E-state index in [2.05, 4.69) is 23.0 Å². The van der Waals surface area contributed by atoms with E-state index in [-0.39, 0.29) is 5.92 Å². The summed E-state index contributed by atoms with van der Waals surface area (Å²) in [6, 6.07) is 4.08. The summed E-state index contributed by atoms with van der Waals surface area (Å²) in [4.78, 5) is 16.6. The number of aliphatic carboxylic acids is 1. The summed E-state index contributed by atoms with van der Waals surface area (Å²) in [5, 5.41) is 8.23. The fourth-order valence-electron chi connectivity index (χ4n) is 2.19. The number of rotatable bonds is 3. The minimum atomic E-state index is -0.931. The Morgan fingerprint density at radius 3 is 2.60 bits per heavy atom. The van der Waals surface area contributed by atoms with E-state index in [0.29, 0.717) is 6.04 Å². The minimum Gasteiger partial charge on any atom is -0.480 e. The summed E-state index contributed by atoms with van der Waals surface area (Å²) >= 11 is 0. The zero-order valence-corrected chi connectivity index (χ0v) is 12.5. The van der Waals surface area contributed by atoms with Crippen LogP contribution in [0.1, 0.15) is 38.3 Å². The van der Waals surface area contributed by atoms with Gasteiger partial charge in [-0.1, -0.05) is 19.9 Å². The van der Waals surface area contributed by atoms with Crippen LogP contribution >= 0.6 is 0 Å². The van der Waals surface area contributed by atoms with Gasteiger partial charge in [-0.05, 0) is 44.0 Å². The minimum absolute atomic E-state index is 0.0208. The zero-order valence-electron chi connectivity index (χ0n) is 12.5. The fraction of sp³-hybridized carbons (Fsp3) is 0.600. The molecular weight excluding hydrogens is 254 g/mol. The Hall–Kier alpha value is -1.46. The molecule has 1 saturated heterocycles. The Morgan fingerprint density at radius 1 is 1.55 bits per heavy atom. The molecule has 112 valence electrons. The molecule has 2 unspecified atom stereocenters. The number of pyridine rings is 1. The van der Waals surface area contributed by atoms with Crippen molar-refractivity contribution in [3.63, 3.8) is 0 Å². The van der Waals surface area contributed by atoms with Crippen LogP contribution in [0.3, 0.4) is 0 Å². The smallest absolute Gasteiger partial charge is 0.320 e. The van der Waals surface area contributed by atoms with E-state index in [0.717, 1.165) is 0 Å². The van der Waals surface area contributed by atoms with Crippen molar-refractivity contribution < 1.29 is 9.90 Å². The topological polar surface area (TPSA) is 79.5 Å². The maximum atomic E-state index is 10.0. The highest BCUT2D eigenvalue weighted by Crippen LogP contribution is 2.29. The summed E-state index contributed by atoms with van der Waals surface area (Å²) in [7, 11) is 2.19. The predicted molar refractivity (Wildman–Crippen MR) is 79.3 cm³/mol. The van der Waals surface area contributed by atoms with Gasteiger partial charge < -0.3 is 10.8 Å². The number of likely N-dealkylation sites (tertiary alicyclic amines) is 1. The lowest BCUT2D eigenvalue weighted by Crippen LogP contribution is -2.34. The number of hydrogen-bond acceptors (Lipinski definition) is 4. The van der Waals surface area contributed by atoms with Gasteiger partial charge in [0, 0.05) is 18.4 Å². The lowest BCUT2D eigenvalue weighted by atomic mass is 10.1. The van der Waals surface area contributed by atoms with E-state index < -0.39 is 12.0 Å². The van der Waals surface area contributed by atoms with E-state index in [1.807, 2.05) is 18.5 Å². The van der Waals surface area contributed by atoms with Crippen LogP contribution in [0.2, 0.25) is 0 Å². The standard InChI is InChI=1S/C10H14N2.C5H11NO2/c1-12-7-3-5-10(12)9-4-2-6-11-8-9;1-3(2)4(6)5(7)8/h2,4,6,8,10H,3,5,7H2,1H3;3-4H,6H2,1-2H3,(H,7,8). The van der Waals surface area contributed by atoms with Crippen LogP contribution in [-0.4, -0.2) is 40.6 Å². The maximum absolute atomic E-state index is 10.0. The second kappa shape index (κ2) is 7.97. The first-order valence-electron chi connectivity index (χ1n) is 7.02. The third kappa shape index (κ3) is 4.90. The van der Waals surface area contributed by atoms with Crippen molar-refractivity contribution in [2.75, 3.05) is 13.6 Å². The van der Waals surface area contributed by atoms with Gasteiger partial charge in [0.2, 0.25) is 0 Å². The average Bonchev–Trinajstić information content (AvgIpc) is 2.85. The molecule has 5 nitrogen and oxygen atoms in total. The first-order valence-corrected chi connectivity index (χ1v) is 7.02. The molecule has 1 aromatic heterocycles. The predicted octanol–water partition coefficient (Wildman–Crippen LogP) is 1.90. The molecule has 2 heterocycles. The molecule has 0 bridgehead atoms. The van der Waals surface area contributed by atoms with E-state index >= 15 is 0 Å². The van der Waals surface area contributed by atoms with Gasteiger partial charge in [0.25, 0.3) is 0 Å². The number of carbonyl (C=O) groups is 1. The first kappa shape index (κ1) is 16.6. The lowest BCUT2D eigenvalue weighted by molar-refractivity contribution is -0.139. The highest BCUT2D eigenvalue weighted by molar-refractivity contribution is 5.73. The van der Waals surface area contributed by atoms with Crippen molar-refractivity contribution >= 4 is 5.97 Å². The van der Waals surface area contributed by atoms with Crippen molar-refractivity contribution in [1.82, 2.24) is 9.88 Å². The van der Waals surface area contributed by atoms with Gasteiger partial charge in [0.05, 0.1) is 0 Å². The Bertz CT molecular complexity index is 409. The monoisotopic (exact) mass is 279 g/mol. The molecule has 1 fully saturated rings. The number of hydrogen-bond donors (Lipinski definition) is 2. The van der Waals surface area contributed by atoms with Crippen LogP contribution in [0.15, 0.2) is 24.5 Å². The first-order chi connectivity index (χ1) is 9.43. The highest BCUT2D eigenvalue weighted by Gasteiger charge is 2.21. The van der Waals surface area contributed by atoms with Crippen LogP contribution in [0.5, 0.6) is 0 Å². The fourth-order valence-corrected chi connectivity index (χ4v) is 2.19. The van der Waals surface area contributed by atoms with E-state index in [4.69, 9.17) is 10.8 Å². The molecule has 2 atom stereocenters. The number of aromatic nitrogens is 1. The Balaban J connectivity index is 0.000000221. The number of nitrogens with two attached hydrogens (primary N) is 1. The van der Waals surface area contributed by atoms with E-state index in [9.17, 15) is 4.79 Å². The van der Waals surface area contributed by atoms with Crippen molar-refractivity contribution in [1.29, 1.82) is 0 Å². The van der Waals surface area contributed by atoms with Crippen LogP contribution in [0.4, 0.5) is 0 Å². The van der Waals surface area contributed by atoms with Gasteiger partial charge in [-0.2, -0.15) is 0 Å². The molecule has 2 rings (SSSR count). The van der Waals surface area contributed by atoms with Gasteiger partial charge in [-0.15, -0.1) is 0 Å². The molecule has 1 aromatic rings. The molecule has 1 aliphatic rings. The Kier molecular flexibility index (Phi) is 6.61. The van der Waals surface area contributed by atoms with Crippen molar-refractivity contribution in [3.05, 3.63) is 30.1 Å². The molecule has 0 spiro atoms. The van der Waals surface area contributed by atoms with E-state index in [1.165, 1.54) is 24.9 Å². The largest absolute Gasteiger partial charge is 0.480 e. The normalized spacial score (nSPS) is 20.4. The van der Waals surface area contributed by atoms with Crippen molar-refractivity contribution in [2.24, 2.45) is 11.7 Å². The summed E-state index contributed by atoms with van der Waals surface area (Å²) in [6.07, 6.45) is 6.41. The summed E-state index contributed by atoms with van der Waals surface area (Å²) in [5.41, 5.74) is 6.52. The molecule has 0 aliphatic carbocycles. The van der Waals surface area contributed by atoms with Gasteiger partial charge in [-0.3, -0.25) is 14.7 Å². The third-order valence-corrected chi connectivity index (χ3v) is 3.59. The van der Waals surface area contributed by atoms with Crippen molar-refractivity contribution in [2.45, 2.75) is 38.8 Å². The lowest BCUT2D eigenvalue weighted by Gasteiger charge is -2.18. The summed E-state index contributed by atoms with van der Waals surface area (Å²) in [5.74, 6) is -0.910. The summed E-state index contributed by atoms with van der Waals surface area (Å²) < 4.78 is 0. The second-order valence-electron chi connectivity index (χ2n) is 5.53. The molecule has 0 aromatic carbocycles. The molecule has 0 amide bonds. The third-order valence-electron chi connectivity index (χ3n) is 3.59. The zero-order chi connectivity index (χ0) is 15.1. The maximum Gasteiger partial charge on any atom is 0.320 e. The highest BCUT2D eigenvalue weighted by atomic mass is 16.4. The molecule has 3 N–H and O–H groups in total. The van der Waals surface area contributed by atoms with Gasteiger partial charge in [-0.25, -0.2) is 0 Å². The molecule has 5 heteroatoms. The number of nitrogens with zero attached hydrogens (tertiary/aromatic N) is 2. The van der Waals surface area contributed by atoms with Crippen molar-refractivity contribution in [3.8, 4) is 0 Å². The number of carboxylic acids is 1. The molecule has 1 aliphatic heterocycles.